The molecule has 2 N–H and O–H groups in total. The summed E-state index contributed by atoms with van der Waals surface area (Å²) in [6, 6.07) is 5.05. The van der Waals surface area contributed by atoms with E-state index < -0.39 is 5.79 Å². The van der Waals surface area contributed by atoms with Crippen molar-refractivity contribution in [3.05, 3.63) is 23.2 Å². The van der Waals surface area contributed by atoms with E-state index in [1.165, 1.54) is 11.3 Å². The number of amides is 1. The van der Waals surface area contributed by atoms with Gasteiger partial charge < -0.3 is 19.9 Å². The van der Waals surface area contributed by atoms with Crippen LogP contribution < -0.4 is 5.32 Å². The number of rotatable bonds is 2. The molecule has 1 aliphatic carbocycles. The first kappa shape index (κ1) is 14.9. The van der Waals surface area contributed by atoms with Crippen LogP contribution in [-0.4, -0.2) is 41.0 Å². The van der Waals surface area contributed by atoms with E-state index in [1.807, 2.05) is 0 Å². The van der Waals surface area contributed by atoms with Crippen molar-refractivity contribution in [2.75, 3.05) is 13.2 Å². The largest absolute Gasteiger partial charge is 0.508 e. The minimum absolute atomic E-state index is 0.126. The van der Waals surface area contributed by atoms with E-state index >= 15 is 0 Å². The minimum atomic E-state index is -0.408. The Morgan fingerprint density at radius 3 is 2.78 bits per heavy atom. The van der Waals surface area contributed by atoms with Crippen molar-refractivity contribution in [2.24, 2.45) is 0 Å². The van der Waals surface area contributed by atoms with Gasteiger partial charge in [0, 0.05) is 18.9 Å². The molecular formula is C16H18N2O4S. The molecule has 1 aromatic carbocycles. The number of benzene rings is 1. The van der Waals surface area contributed by atoms with Crippen LogP contribution in [0.2, 0.25) is 0 Å². The van der Waals surface area contributed by atoms with Crippen molar-refractivity contribution < 1.29 is 19.4 Å². The maximum absolute atomic E-state index is 12.4. The number of hydrogen-bond donors (Lipinski definition) is 2. The molecule has 0 atom stereocenters. The monoisotopic (exact) mass is 334 g/mol. The van der Waals surface area contributed by atoms with E-state index in [0.29, 0.717) is 18.2 Å². The summed E-state index contributed by atoms with van der Waals surface area (Å²) in [5.41, 5.74) is 0.730. The van der Waals surface area contributed by atoms with Gasteiger partial charge in [0.2, 0.25) is 0 Å². The van der Waals surface area contributed by atoms with Gasteiger partial charge in [0.1, 0.15) is 5.75 Å². The maximum atomic E-state index is 12.4. The quantitative estimate of drug-likeness (QED) is 0.881. The van der Waals surface area contributed by atoms with Gasteiger partial charge in [-0.3, -0.25) is 4.79 Å². The molecule has 1 amide bonds. The van der Waals surface area contributed by atoms with Gasteiger partial charge >= 0.3 is 0 Å². The second kappa shape index (κ2) is 5.74. The molecule has 2 aliphatic rings. The summed E-state index contributed by atoms with van der Waals surface area (Å²) >= 11 is 1.29. The van der Waals surface area contributed by atoms with Crippen molar-refractivity contribution in [3.8, 4) is 5.75 Å². The number of nitrogens with one attached hydrogen (secondary N) is 1. The van der Waals surface area contributed by atoms with Crippen LogP contribution in [0.25, 0.3) is 10.2 Å². The Balaban J connectivity index is 1.41. The summed E-state index contributed by atoms with van der Waals surface area (Å²) < 4.78 is 12.2. The van der Waals surface area contributed by atoms with Crippen LogP contribution in [0.1, 0.15) is 35.5 Å². The molecule has 1 saturated carbocycles. The molecular weight excluding hydrogens is 316 g/mol. The molecule has 6 nitrogen and oxygen atoms in total. The zero-order chi connectivity index (χ0) is 15.9. The smallest absolute Gasteiger partial charge is 0.280 e. The lowest BCUT2D eigenvalue weighted by Crippen LogP contribution is -2.44. The van der Waals surface area contributed by atoms with Crippen LogP contribution in [0.5, 0.6) is 5.75 Å². The van der Waals surface area contributed by atoms with Crippen LogP contribution in [0, 0.1) is 0 Å². The molecule has 0 radical (unpaired) electrons. The number of ether oxygens (including phenoxy) is 2. The number of aromatic hydroxyl groups is 1. The molecule has 7 heteroatoms. The Hall–Kier alpha value is -1.70. The Morgan fingerprint density at radius 2 is 2.04 bits per heavy atom. The van der Waals surface area contributed by atoms with E-state index in [2.05, 4.69) is 10.3 Å². The number of fused-ring (bicyclic) bond motifs is 1. The number of phenols is 1. The normalized spacial score (nSPS) is 21.0. The summed E-state index contributed by atoms with van der Waals surface area (Å²) in [6.45, 7) is 1.32. The van der Waals surface area contributed by atoms with Crippen molar-refractivity contribution in [1.29, 1.82) is 0 Å². The number of hydrogen-bond acceptors (Lipinski definition) is 6. The second-order valence-corrected chi connectivity index (χ2v) is 7.06. The molecule has 0 bridgehead atoms. The number of nitrogens with zero attached hydrogens (tertiary/aromatic N) is 1. The average Bonchev–Trinajstić information content (AvgIpc) is 3.16. The van der Waals surface area contributed by atoms with Gasteiger partial charge in [0.25, 0.3) is 5.91 Å². The zero-order valence-electron chi connectivity index (χ0n) is 12.6. The second-order valence-electron chi connectivity index (χ2n) is 6.03. The third kappa shape index (κ3) is 2.91. The van der Waals surface area contributed by atoms with Gasteiger partial charge in [-0.15, -0.1) is 11.3 Å². The zero-order valence-corrected chi connectivity index (χ0v) is 13.4. The van der Waals surface area contributed by atoms with E-state index in [-0.39, 0.29) is 17.7 Å². The molecule has 2 fully saturated rings. The fourth-order valence-electron chi connectivity index (χ4n) is 3.25. The Labute approximate surface area is 137 Å². The Bertz CT molecular complexity index is 729. The van der Waals surface area contributed by atoms with Crippen molar-refractivity contribution in [2.45, 2.75) is 37.5 Å². The van der Waals surface area contributed by atoms with Crippen LogP contribution in [0.3, 0.4) is 0 Å². The summed E-state index contributed by atoms with van der Waals surface area (Å²) in [6.07, 6.45) is 3.31. The van der Waals surface area contributed by atoms with Gasteiger partial charge in [-0.1, -0.05) is 0 Å². The van der Waals surface area contributed by atoms with Crippen LogP contribution in [-0.2, 0) is 9.47 Å². The summed E-state index contributed by atoms with van der Waals surface area (Å²) in [5, 5.41) is 13.0. The molecule has 122 valence electrons. The number of aromatic nitrogens is 1. The molecule has 4 rings (SSSR count). The number of phenolic OH excluding ortho intramolecular Hbond substituents is 1. The van der Waals surface area contributed by atoms with E-state index in [9.17, 15) is 9.90 Å². The highest BCUT2D eigenvalue weighted by molar-refractivity contribution is 7.20. The van der Waals surface area contributed by atoms with Crippen molar-refractivity contribution in [3.63, 3.8) is 0 Å². The molecule has 1 spiro atoms. The maximum Gasteiger partial charge on any atom is 0.280 e. The first-order chi connectivity index (χ1) is 11.1. The van der Waals surface area contributed by atoms with Gasteiger partial charge in [-0.2, -0.15) is 0 Å². The molecule has 2 aromatic rings. The highest BCUT2D eigenvalue weighted by Gasteiger charge is 2.40. The van der Waals surface area contributed by atoms with Crippen molar-refractivity contribution in [1.82, 2.24) is 10.3 Å². The fourth-order valence-corrected chi connectivity index (χ4v) is 4.15. The van der Waals surface area contributed by atoms with E-state index in [1.54, 1.807) is 18.2 Å². The number of carbonyl (C=O) groups excluding carboxylic acids is 1. The molecule has 23 heavy (non-hydrogen) atoms. The molecule has 1 aromatic heterocycles. The average molecular weight is 334 g/mol. The lowest BCUT2D eigenvalue weighted by molar-refractivity contribution is -0.179. The third-order valence-corrected chi connectivity index (χ3v) is 5.48. The molecule has 2 heterocycles. The minimum Gasteiger partial charge on any atom is -0.508 e. The van der Waals surface area contributed by atoms with Gasteiger partial charge in [-0.05, 0) is 31.0 Å². The lowest BCUT2D eigenvalue weighted by atomic mass is 9.90. The van der Waals surface area contributed by atoms with E-state index in [0.717, 1.165) is 35.9 Å². The lowest BCUT2D eigenvalue weighted by Gasteiger charge is -2.35. The number of thiazole rings is 1. The summed E-state index contributed by atoms with van der Waals surface area (Å²) in [4.78, 5) is 16.7. The van der Waals surface area contributed by atoms with Crippen LogP contribution in [0.15, 0.2) is 18.2 Å². The first-order valence-electron chi connectivity index (χ1n) is 7.82. The number of carbonyl (C=O) groups is 1. The topological polar surface area (TPSA) is 80.7 Å². The third-order valence-electron chi connectivity index (χ3n) is 4.46. The first-order valence-corrected chi connectivity index (χ1v) is 8.64. The summed E-state index contributed by atoms with van der Waals surface area (Å²) in [7, 11) is 0. The van der Waals surface area contributed by atoms with Gasteiger partial charge in [0.05, 0.1) is 23.4 Å². The van der Waals surface area contributed by atoms with Gasteiger partial charge in [0.15, 0.2) is 10.8 Å². The predicted octanol–water partition coefficient (Wildman–Crippen LogP) is 2.42. The fraction of sp³-hybridized carbons (Fsp3) is 0.500. The van der Waals surface area contributed by atoms with Crippen LogP contribution in [0.4, 0.5) is 0 Å². The standard InChI is InChI=1S/C16H18N2O4S/c19-11-1-2-12-13(9-11)23-15(18-12)14(20)17-10-3-5-16(6-4-10)21-7-8-22-16/h1-2,9-10,19H,3-8H2,(H,17,20). The molecule has 1 saturated heterocycles. The van der Waals surface area contributed by atoms with Gasteiger partial charge in [-0.25, -0.2) is 4.98 Å². The SMILES string of the molecule is O=C(NC1CCC2(CC1)OCCO2)c1nc2ccc(O)cc2s1. The van der Waals surface area contributed by atoms with Crippen LogP contribution >= 0.6 is 11.3 Å². The highest BCUT2D eigenvalue weighted by Crippen LogP contribution is 2.36. The Morgan fingerprint density at radius 1 is 1.30 bits per heavy atom. The van der Waals surface area contributed by atoms with E-state index in [4.69, 9.17) is 9.47 Å². The Kier molecular flexibility index (Phi) is 3.71. The molecule has 1 aliphatic heterocycles. The predicted molar refractivity (Wildman–Crippen MR) is 85.6 cm³/mol. The highest BCUT2D eigenvalue weighted by atomic mass is 32.1. The van der Waals surface area contributed by atoms with Crippen molar-refractivity contribution >= 4 is 27.5 Å². The molecule has 0 unspecified atom stereocenters. The summed E-state index contributed by atoms with van der Waals surface area (Å²) in [5.74, 6) is -0.378.